The smallest absolute Gasteiger partial charge is 0.185 e. The quantitative estimate of drug-likeness (QED) is 0.535. The lowest BCUT2D eigenvalue weighted by Crippen LogP contribution is -2.29. The summed E-state index contributed by atoms with van der Waals surface area (Å²) in [5.74, 6) is 0.0399. The highest BCUT2D eigenvalue weighted by molar-refractivity contribution is 9.10. The molecule has 0 amide bonds. The molecular weight excluding hydrogens is 350 g/mol. The van der Waals surface area contributed by atoms with E-state index < -0.39 is 0 Å². The van der Waals surface area contributed by atoms with Gasteiger partial charge in [-0.25, -0.2) is 0 Å². The summed E-state index contributed by atoms with van der Waals surface area (Å²) in [6.07, 6.45) is 7.34. The van der Waals surface area contributed by atoms with Gasteiger partial charge in [-0.05, 0) is 67.3 Å². The Morgan fingerprint density at radius 1 is 0.913 bits per heavy atom. The largest absolute Gasteiger partial charge is 0.372 e. The molecule has 118 valence electrons. The van der Waals surface area contributed by atoms with E-state index in [1.165, 1.54) is 24.9 Å². The van der Waals surface area contributed by atoms with Gasteiger partial charge >= 0.3 is 0 Å². The molecular formula is C20H20BrNO. The normalized spacial score (nSPS) is 15.1. The number of allylic oxidation sites excluding steroid dienone is 1. The molecule has 0 bridgehead atoms. The molecule has 23 heavy (non-hydrogen) atoms. The van der Waals surface area contributed by atoms with Crippen LogP contribution in [0.2, 0.25) is 0 Å². The van der Waals surface area contributed by atoms with E-state index in [1.54, 1.807) is 6.08 Å². The average Bonchev–Trinajstić information content (AvgIpc) is 2.62. The molecule has 0 aliphatic carbocycles. The molecule has 1 fully saturated rings. The lowest BCUT2D eigenvalue weighted by atomic mass is 10.1. The van der Waals surface area contributed by atoms with E-state index in [0.717, 1.165) is 28.7 Å². The molecule has 2 aromatic rings. The SMILES string of the molecule is O=C(/C=C/c1ccc(Br)cc1)c1ccc(N2CCCCC2)cc1. The lowest BCUT2D eigenvalue weighted by Gasteiger charge is -2.28. The fourth-order valence-corrected chi connectivity index (χ4v) is 3.09. The molecule has 0 unspecified atom stereocenters. The highest BCUT2D eigenvalue weighted by atomic mass is 79.9. The van der Waals surface area contributed by atoms with E-state index in [2.05, 4.69) is 33.0 Å². The number of hydrogen-bond acceptors (Lipinski definition) is 2. The third kappa shape index (κ3) is 4.32. The Morgan fingerprint density at radius 2 is 1.57 bits per heavy atom. The maximum atomic E-state index is 12.3. The summed E-state index contributed by atoms with van der Waals surface area (Å²) in [5.41, 5.74) is 2.98. The minimum Gasteiger partial charge on any atom is -0.372 e. The number of benzene rings is 2. The van der Waals surface area contributed by atoms with Gasteiger partial charge in [-0.15, -0.1) is 0 Å². The number of carbonyl (C=O) groups excluding carboxylic acids is 1. The van der Waals surface area contributed by atoms with E-state index in [4.69, 9.17) is 0 Å². The summed E-state index contributed by atoms with van der Waals surface area (Å²) < 4.78 is 1.04. The van der Waals surface area contributed by atoms with Crippen molar-refractivity contribution in [3.05, 3.63) is 70.2 Å². The zero-order valence-corrected chi connectivity index (χ0v) is 14.6. The fourth-order valence-electron chi connectivity index (χ4n) is 2.83. The van der Waals surface area contributed by atoms with Crippen molar-refractivity contribution in [2.75, 3.05) is 18.0 Å². The zero-order valence-electron chi connectivity index (χ0n) is 13.0. The van der Waals surface area contributed by atoms with E-state index in [0.29, 0.717) is 0 Å². The first-order valence-electron chi connectivity index (χ1n) is 8.05. The van der Waals surface area contributed by atoms with Gasteiger partial charge < -0.3 is 4.90 Å². The summed E-state index contributed by atoms with van der Waals surface area (Å²) in [4.78, 5) is 14.7. The van der Waals surface area contributed by atoms with Crippen LogP contribution in [0.1, 0.15) is 35.2 Å². The van der Waals surface area contributed by atoms with Gasteiger partial charge in [-0.2, -0.15) is 0 Å². The van der Waals surface area contributed by atoms with Gasteiger partial charge in [-0.3, -0.25) is 4.79 Å². The summed E-state index contributed by atoms with van der Waals surface area (Å²) >= 11 is 3.41. The van der Waals surface area contributed by atoms with Crippen molar-refractivity contribution in [3.63, 3.8) is 0 Å². The number of rotatable bonds is 4. The number of piperidine rings is 1. The molecule has 2 aromatic carbocycles. The van der Waals surface area contributed by atoms with Gasteiger partial charge in [0, 0.05) is 28.8 Å². The summed E-state index contributed by atoms with van der Waals surface area (Å²) in [7, 11) is 0. The van der Waals surface area contributed by atoms with Crippen LogP contribution >= 0.6 is 15.9 Å². The van der Waals surface area contributed by atoms with Crippen LogP contribution in [-0.2, 0) is 0 Å². The molecule has 0 N–H and O–H groups in total. The molecule has 1 aliphatic rings. The molecule has 0 aromatic heterocycles. The Balaban J connectivity index is 1.66. The lowest BCUT2D eigenvalue weighted by molar-refractivity contribution is 0.104. The minimum absolute atomic E-state index is 0.0399. The molecule has 3 rings (SSSR count). The Hall–Kier alpha value is -1.87. The second-order valence-electron chi connectivity index (χ2n) is 5.84. The molecule has 2 nitrogen and oxygen atoms in total. The van der Waals surface area contributed by atoms with Crippen molar-refractivity contribution >= 4 is 33.5 Å². The second-order valence-corrected chi connectivity index (χ2v) is 6.76. The fraction of sp³-hybridized carbons (Fsp3) is 0.250. The van der Waals surface area contributed by atoms with Crippen LogP contribution in [0.25, 0.3) is 6.08 Å². The van der Waals surface area contributed by atoms with Gasteiger partial charge in [0.25, 0.3) is 0 Å². The number of nitrogens with zero attached hydrogens (tertiary/aromatic N) is 1. The Morgan fingerprint density at radius 3 is 2.22 bits per heavy atom. The number of carbonyl (C=O) groups is 1. The van der Waals surface area contributed by atoms with Crippen molar-refractivity contribution in [3.8, 4) is 0 Å². The summed E-state index contributed by atoms with van der Waals surface area (Å²) in [5, 5.41) is 0. The highest BCUT2D eigenvalue weighted by Gasteiger charge is 2.11. The van der Waals surface area contributed by atoms with Crippen molar-refractivity contribution in [2.45, 2.75) is 19.3 Å². The number of ketones is 1. The first kappa shape index (κ1) is 16.0. The molecule has 0 saturated carbocycles. The van der Waals surface area contributed by atoms with Crippen molar-refractivity contribution in [2.24, 2.45) is 0 Å². The van der Waals surface area contributed by atoms with Gasteiger partial charge in [0.1, 0.15) is 0 Å². The first-order valence-corrected chi connectivity index (χ1v) is 8.85. The van der Waals surface area contributed by atoms with Crippen LogP contribution in [0.3, 0.4) is 0 Å². The topological polar surface area (TPSA) is 20.3 Å². The Labute approximate surface area is 146 Å². The number of hydrogen-bond donors (Lipinski definition) is 0. The number of halogens is 1. The van der Waals surface area contributed by atoms with E-state index in [-0.39, 0.29) is 5.78 Å². The van der Waals surface area contributed by atoms with Crippen LogP contribution in [0.5, 0.6) is 0 Å². The highest BCUT2D eigenvalue weighted by Crippen LogP contribution is 2.20. The van der Waals surface area contributed by atoms with E-state index >= 15 is 0 Å². The monoisotopic (exact) mass is 369 g/mol. The van der Waals surface area contributed by atoms with Gasteiger partial charge in [0.05, 0.1) is 0 Å². The Kier molecular flexibility index (Phi) is 5.29. The third-order valence-corrected chi connectivity index (χ3v) is 4.70. The van der Waals surface area contributed by atoms with Crippen LogP contribution in [-0.4, -0.2) is 18.9 Å². The average molecular weight is 370 g/mol. The van der Waals surface area contributed by atoms with Gasteiger partial charge in [0.15, 0.2) is 5.78 Å². The summed E-state index contributed by atoms with van der Waals surface area (Å²) in [6.45, 7) is 2.24. The first-order chi connectivity index (χ1) is 11.2. The van der Waals surface area contributed by atoms with Gasteiger partial charge in [0.2, 0.25) is 0 Å². The second kappa shape index (κ2) is 7.60. The van der Waals surface area contributed by atoms with Crippen LogP contribution in [0, 0.1) is 0 Å². The molecule has 1 heterocycles. The zero-order chi connectivity index (χ0) is 16.1. The Bertz CT molecular complexity index is 683. The van der Waals surface area contributed by atoms with Crippen molar-refractivity contribution < 1.29 is 4.79 Å². The molecule has 0 radical (unpaired) electrons. The third-order valence-electron chi connectivity index (χ3n) is 4.17. The summed E-state index contributed by atoms with van der Waals surface area (Å²) in [6, 6.07) is 15.9. The molecule has 1 saturated heterocycles. The molecule has 1 aliphatic heterocycles. The van der Waals surface area contributed by atoms with E-state index in [9.17, 15) is 4.79 Å². The maximum Gasteiger partial charge on any atom is 0.185 e. The number of anilines is 1. The van der Waals surface area contributed by atoms with Gasteiger partial charge in [-0.1, -0.05) is 34.1 Å². The van der Waals surface area contributed by atoms with Crippen molar-refractivity contribution in [1.82, 2.24) is 0 Å². The standard InChI is InChI=1S/C20H20BrNO/c21-18-9-4-16(5-10-18)6-13-20(23)17-7-11-19(12-8-17)22-14-2-1-3-15-22/h4-13H,1-3,14-15H2/b13-6+. The minimum atomic E-state index is 0.0399. The molecule has 0 spiro atoms. The predicted octanol–water partition coefficient (Wildman–Crippen LogP) is 5.34. The van der Waals surface area contributed by atoms with E-state index in [1.807, 2.05) is 42.5 Å². The predicted molar refractivity (Wildman–Crippen MR) is 100 cm³/mol. The van der Waals surface area contributed by atoms with Crippen LogP contribution in [0.15, 0.2) is 59.1 Å². The maximum absolute atomic E-state index is 12.3. The van der Waals surface area contributed by atoms with Crippen LogP contribution in [0.4, 0.5) is 5.69 Å². The van der Waals surface area contributed by atoms with Crippen molar-refractivity contribution in [1.29, 1.82) is 0 Å². The molecule has 3 heteroatoms. The molecule has 0 atom stereocenters. The van der Waals surface area contributed by atoms with Crippen LogP contribution < -0.4 is 4.90 Å².